The second-order valence-corrected chi connectivity index (χ2v) is 3.41. The molecular formula is C12H13N3. The van der Waals surface area contributed by atoms with Gasteiger partial charge in [-0.15, -0.1) is 0 Å². The summed E-state index contributed by atoms with van der Waals surface area (Å²) >= 11 is 0. The van der Waals surface area contributed by atoms with E-state index in [1.54, 1.807) is 0 Å². The number of nitrogens with one attached hydrogen (secondary N) is 2. The molecule has 0 radical (unpaired) electrons. The van der Waals surface area contributed by atoms with E-state index in [9.17, 15) is 0 Å². The molecule has 0 aliphatic carbocycles. The van der Waals surface area contributed by atoms with Crippen LogP contribution in [0.1, 0.15) is 11.3 Å². The van der Waals surface area contributed by atoms with Crippen LogP contribution in [0.4, 0.5) is 0 Å². The molecule has 0 bridgehead atoms. The Morgan fingerprint density at radius 1 is 1.47 bits per heavy atom. The second-order valence-electron chi connectivity index (χ2n) is 3.41. The molecule has 3 nitrogen and oxygen atoms in total. The zero-order valence-corrected chi connectivity index (χ0v) is 8.89. The summed E-state index contributed by atoms with van der Waals surface area (Å²) in [5, 5.41) is 11.3. The predicted molar refractivity (Wildman–Crippen MR) is 61.6 cm³/mol. The van der Waals surface area contributed by atoms with Crippen LogP contribution in [0.15, 0.2) is 18.2 Å². The average Bonchev–Trinajstić information content (AvgIpc) is 2.61. The first kappa shape index (κ1) is 9.75. The molecule has 3 heteroatoms. The summed E-state index contributed by atoms with van der Waals surface area (Å²) in [4.78, 5) is 0. The Morgan fingerprint density at radius 3 is 3.13 bits per heavy atom. The summed E-state index contributed by atoms with van der Waals surface area (Å²) in [6.07, 6.45) is 0. The lowest BCUT2D eigenvalue weighted by molar-refractivity contribution is 0.938. The molecule has 0 unspecified atom stereocenters. The molecule has 0 spiro atoms. The van der Waals surface area contributed by atoms with Gasteiger partial charge in [0.15, 0.2) is 0 Å². The maximum absolute atomic E-state index is 4.20. The topological polar surface area (TPSA) is 40.7 Å². The normalized spacial score (nSPS) is 10.0. The number of hydrogen-bond acceptors (Lipinski definition) is 2. The molecule has 2 N–H and O–H groups in total. The van der Waals surface area contributed by atoms with Crippen LogP contribution in [0.25, 0.3) is 10.9 Å². The van der Waals surface area contributed by atoms with E-state index in [4.69, 9.17) is 0 Å². The van der Waals surface area contributed by atoms with Gasteiger partial charge in [-0.25, -0.2) is 0 Å². The number of benzene rings is 1. The van der Waals surface area contributed by atoms with Crippen LogP contribution < -0.4 is 5.32 Å². The first-order valence-electron chi connectivity index (χ1n) is 4.89. The van der Waals surface area contributed by atoms with Gasteiger partial charge in [0.1, 0.15) is 0 Å². The highest BCUT2D eigenvalue weighted by molar-refractivity contribution is 5.82. The minimum atomic E-state index is 0.706. The van der Waals surface area contributed by atoms with Crippen molar-refractivity contribution in [2.24, 2.45) is 0 Å². The largest absolute Gasteiger partial charge is 0.309 e. The number of fused-ring (bicyclic) bond motifs is 1. The van der Waals surface area contributed by atoms with E-state index in [-0.39, 0.29) is 0 Å². The Kier molecular flexibility index (Phi) is 2.70. The van der Waals surface area contributed by atoms with Crippen LogP contribution in [0.2, 0.25) is 0 Å². The number of aromatic nitrogens is 2. The van der Waals surface area contributed by atoms with Gasteiger partial charge >= 0.3 is 0 Å². The van der Waals surface area contributed by atoms with E-state index in [1.165, 1.54) is 0 Å². The molecule has 15 heavy (non-hydrogen) atoms. The summed E-state index contributed by atoms with van der Waals surface area (Å²) in [5.41, 5.74) is 3.08. The summed E-state index contributed by atoms with van der Waals surface area (Å²) in [6, 6.07) is 6.08. The van der Waals surface area contributed by atoms with Gasteiger partial charge in [0.05, 0.1) is 12.1 Å². The van der Waals surface area contributed by atoms with Crippen molar-refractivity contribution in [2.45, 2.75) is 6.92 Å². The molecule has 1 aromatic carbocycles. The van der Waals surface area contributed by atoms with Crippen molar-refractivity contribution in [3.8, 4) is 11.8 Å². The van der Waals surface area contributed by atoms with Crippen LogP contribution in [0.3, 0.4) is 0 Å². The number of nitrogens with zero attached hydrogens (tertiary/aromatic N) is 1. The zero-order chi connectivity index (χ0) is 10.7. The number of H-pyrrole nitrogens is 1. The number of aromatic amines is 1. The van der Waals surface area contributed by atoms with E-state index in [0.29, 0.717) is 6.54 Å². The van der Waals surface area contributed by atoms with Crippen LogP contribution in [-0.2, 0) is 0 Å². The Balaban J connectivity index is 2.36. The van der Waals surface area contributed by atoms with E-state index >= 15 is 0 Å². The van der Waals surface area contributed by atoms with Crippen molar-refractivity contribution in [3.63, 3.8) is 0 Å². The highest BCUT2D eigenvalue weighted by Crippen LogP contribution is 2.15. The van der Waals surface area contributed by atoms with Gasteiger partial charge in [-0.1, -0.05) is 11.8 Å². The predicted octanol–water partition coefficient (Wildman–Crippen LogP) is 1.44. The summed E-state index contributed by atoms with van der Waals surface area (Å²) in [7, 11) is 1.88. The molecule has 1 aromatic heterocycles. The SMILES string of the molecule is CNCC#Cc1ccc2c(C)[nH]nc2c1. The Hall–Kier alpha value is -1.79. The van der Waals surface area contributed by atoms with E-state index in [0.717, 1.165) is 22.2 Å². The number of hydrogen-bond donors (Lipinski definition) is 2. The van der Waals surface area contributed by atoms with Crippen molar-refractivity contribution in [1.29, 1.82) is 0 Å². The molecule has 76 valence electrons. The van der Waals surface area contributed by atoms with Crippen LogP contribution in [-0.4, -0.2) is 23.8 Å². The highest BCUT2D eigenvalue weighted by atomic mass is 15.1. The molecule has 0 saturated heterocycles. The fraction of sp³-hybridized carbons (Fsp3) is 0.250. The van der Waals surface area contributed by atoms with Crippen molar-refractivity contribution in [2.75, 3.05) is 13.6 Å². The first-order chi connectivity index (χ1) is 7.31. The monoisotopic (exact) mass is 199 g/mol. The molecule has 0 aliphatic rings. The van der Waals surface area contributed by atoms with Gasteiger partial charge in [0.2, 0.25) is 0 Å². The minimum Gasteiger partial charge on any atom is -0.309 e. The number of rotatable bonds is 1. The smallest absolute Gasteiger partial charge is 0.0936 e. The van der Waals surface area contributed by atoms with Gasteiger partial charge in [-0.05, 0) is 32.2 Å². The lowest BCUT2D eigenvalue weighted by Gasteiger charge is -1.91. The van der Waals surface area contributed by atoms with Gasteiger partial charge in [0, 0.05) is 16.6 Å². The van der Waals surface area contributed by atoms with Gasteiger partial charge in [0.25, 0.3) is 0 Å². The zero-order valence-electron chi connectivity index (χ0n) is 8.89. The third kappa shape index (κ3) is 2.00. The van der Waals surface area contributed by atoms with Gasteiger partial charge in [-0.3, -0.25) is 5.10 Å². The van der Waals surface area contributed by atoms with E-state index < -0.39 is 0 Å². The summed E-state index contributed by atoms with van der Waals surface area (Å²) < 4.78 is 0. The Morgan fingerprint density at radius 2 is 2.33 bits per heavy atom. The minimum absolute atomic E-state index is 0.706. The van der Waals surface area contributed by atoms with E-state index in [1.807, 2.05) is 26.1 Å². The summed E-state index contributed by atoms with van der Waals surface area (Å²) in [5.74, 6) is 6.10. The second kappa shape index (κ2) is 4.16. The fourth-order valence-electron chi connectivity index (χ4n) is 1.46. The third-order valence-corrected chi connectivity index (χ3v) is 2.24. The van der Waals surface area contributed by atoms with E-state index in [2.05, 4.69) is 33.4 Å². The standard InChI is InChI=1S/C12H13N3/c1-9-11-6-5-10(4-3-7-13-2)8-12(11)15-14-9/h5-6,8,13H,7H2,1-2H3,(H,14,15). The molecular weight excluding hydrogens is 186 g/mol. The third-order valence-electron chi connectivity index (χ3n) is 2.24. The maximum Gasteiger partial charge on any atom is 0.0936 e. The summed E-state index contributed by atoms with van der Waals surface area (Å²) in [6.45, 7) is 2.72. The van der Waals surface area contributed by atoms with Crippen LogP contribution in [0, 0.1) is 18.8 Å². The molecule has 0 aliphatic heterocycles. The molecule has 0 amide bonds. The maximum atomic E-state index is 4.20. The quantitative estimate of drug-likeness (QED) is 0.682. The van der Waals surface area contributed by atoms with Crippen molar-refractivity contribution >= 4 is 10.9 Å². The number of aryl methyl sites for hydroxylation is 1. The first-order valence-corrected chi connectivity index (χ1v) is 4.89. The van der Waals surface area contributed by atoms with Crippen molar-refractivity contribution < 1.29 is 0 Å². The highest BCUT2D eigenvalue weighted by Gasteiger charge is 2.00. The Bertz CT molecular complexity index is 529. The van der Waals surface area contributed by atoms with Crippen LogP contribution in [0.5, 0.6) is 0 Å². The Labute approximate surface area is 88.9 Å². The van der Waals surface area contributed by atoms with Gasteiger partial charge < -0.3 is 5.32 Å². The lowest BCUT2D eigenvalue weighted by Crippen LogP contribution is -2.04. The molecule has 0 fully saturated rings. The van der Waals surface area contributed by atoms with Gasteiger partial charge in [-0.2, -0.15) is 5.10 Å². The van der Waals surface area contributed by atoms with Crippen molar-refractivity contribution in [1.82, 2.24) is 15.5 Å². The fourth-order valence-corrected chi connectivity index (χ4v) is 1.46. The molecule has 0 atom stereocenters. The molecule has 1 heterocycles. The van der Waals surface area contributed by atoms with Crippen LogP contribution >= 0.6 is 0 Å². The molecule has 2 rings (SSSR count). The molecule has 0 saturated carbocycles. The average molecular weight is 199 g/mol. The van der Waals surface area contributed by atoms with Crippen molar-refractivity contribution in [3.05, 3.63) is 29.5 Å². The molecule has 2 aromatic rings. The lowest BCUT2D eigenvalue weighted by atomic mass is 10.1.